The lowest BCUT2D eigenvalue weighted by atomic mass is 9.82. The number of benzene rings is 1. The number of nitrogens with one attached hydrogen (secondary N) is 1. The van der Waals surface area contributed by atoms with Crippen LogP contribution in [0.25, 0.3) is 0 Å². The van der Waals surface area contributed by atoms with E-state index in [0.717, 1.165) is 37.7 Å². The molecular weight excluding hydrogens is 340 g/mol. The standard InChI is InChI=1S/C18H24N4O2.ClH/c1-13(20-17(23)18(19)10-6-3-7-11-18)16-21-15(24-22-16)12-14-8-4-2-5-9-14;/h2,4-5,8-9,13H,3,6-7,10-12,19H2,1H3,(H,20,23);1H. The maximum absolute atomic E-state index is 12.5. The lowest BCUT2D eigenvalue weighted by Gasteiger charge is -2.32. The Morgan fingerprint density at radius 1 is 1.28 bits per heavy atom. The first kappa shape index (κ1) is 19.4. The molecule has 0 bridgehead atoms. The third kappa shape index (κ3) is 4.80. The van der Waals surface area contributed by atoms with E-state index < -0.39 is 5.54 Å². The van der Waals surface area contributed by atoms with Crippen LogP contribution in [-0.4, -0.2) is 21.6 Å². The highest BCUT2D eigenvalue weighted by Crippen LogP contribution is 2.26. The molecule has 3 N–H and O–H groups in total. The van der Waals surface area contributed by atoms with Gasteiger partial charge >= 0.3 is 0 Å². The van der Waals surface area contributed by atoms with Gasteiger partial charge < -0.3 is 15.6 Å². The van der Waals surface area contributed by atoms with E-state index in [1.807, 2.05) is 37.3 Å². The lowest BCUT2D eigenvalue weighted by molar-refractivity contribution is -0.128. The molecule has 0 radical (unpaired) electrons. The van der Waals surface area contributed by atoms with Crippen molar-refractivity contribution in [3.8, 4) is 0 Å². The number of halogens is 1. The zero-order chi connectivity index (χ0) is 17.0. The highest BCUT2D eigenvalue weighted by Gasteiger charge is 2.36. The van der Waals surface area contributed by atoms with Crippen LogP contribution in [0.15, 0.2) is 34.9 Å². The summed E-state index contributed by atoms with van der Waals surface area (Å²) < 4.78 is 5.30. The molecule has 0 saturated heterocycles. The fourth-order valence-electron chi connectivity index (χ4n) is 3.10. The third-order valence-corrected chi connectivity index (χ3v) is 4.61. The molecule has 7 heteroatoms. The molecule has 1 aromatic heterocycles. The summed E-state index contributed by atoms with van der Waals surface area (Å²) in [5, 5.41) is 6.93. The molecule has 1 heterocycles. The lowest BCUT2D eigenvalue weighted by Crippen LogP contribution is -2.55. The van der Waals surface area contributed by atoms with Crippen molar-refractivity contribution in [3.63, 3.8) is 0 Å². The van der Waals surface area contributed by atoms with E-state index in [1.54, 1.807) is 0 Å². The molecule has 136 valence electrons. The van der Waals surface area contributed by atoms with Gasteiger partial charge in [-0.1, -0.05) is 54.8 Å². The summed E-state index contributed by atoms with van der Waals surface area (Å²) in [6.45, 7) is 1.85. The van der Waals surface area contributed by atoms with Crippen molar-refractivity contribution in [3.05, 3.63) is 47.6 Å². The highest BCUT2D eigenvalue weighted by molar-refractivity contribution is 5.86. The predicted octanol–water partition coefficient (Wildman–Crippen LogP) is 2.92. The molecule has 1 unspecified atom stereocenters. The van der Waals surface area contributed by atoms with Gasteiger partial charge in [0.15, 0.2) is 5.82 Å². The molecule has 1 atom stereocenters. The summed E-state index contributed by atoms with van der Waals surface area (Å²) in [5.41, 5.74) is 6.60. The van der Waals surface area contributed by atoms with Crippen LogP contribution in [0, 0.1) is 0 Å². The third-order valence-electron chi connectivity index (χ3n) is 4.61. The van der Waals surface area contributed by atoms with Gasteiger partial charge in [-0.25, -0.2) is 0 Å². The van der Waals surface area contributed by atoms with Gasteiger partial charge in [0.1, 0.15) is 0 Å². The Bertz CT molecular complexity index is 683. The van der Waals surface area contributed by atoms with Gasteiger partial charge in [0.25, 0.3) is 0 Å². The maximum atomic E-state index is 12.5. The van der Waals surface area contributed by atoms with Gasteiger partial charge in [0.05, 0.1) is 18.0 Å². The first-order valence-corrected chi connectivity index (χ1v) is 8.53. The number of hydrogen-bond acceptors (Lipinski definition) is 5. The van der Waals surface area contributed by atoms with Crippen molar-refractivity contribution in [2.24, 2.45) is 5.73 Å². The van der Waals surface area contributed by atoms with E-state index in [-0.39, 0.29) is 24.4 Å². The fourth-order valence-corrected chi connectivity index (χ4v) is 3.10. The van der Waals surface area contributed by atoms with Gasteiger partial charge in [-0.2, -0.15) is 4.98 Å². The Balaban J connectivity index is 0.00000225. The second-order valence-electron chi connectivity index (χ2n) is 6.62. The molecule has 0 aliphatic heterocycles. The van der Waals surface area contributed by atoms with Crippen molar-refractivity contribution < 1.29 is 9.32 Å². The summed E-state index contributed by atoms with van der Waals surface area (Å²) >= 11 is 0. The topological polar surface area (TPSA) is 94.0 Å². The van der Waals surface area contributed by atoms with Crippen molar-refractivity contribution >= 4 is 18.3 Å². The molecule has 2 aromatic rings. The predicted molar refractivity (Wildman–Crippen MR) is 97.4 cm³/mol. The molecule has 1 aliphatic carbocycles. The van der Waals surface area contributed by atoms with Crippen molar-refractivity contribution in [2.45, 2.75) is 57.0 Å². The highest BCUT2D eigenvalue weighted by atomic mass is 35.5. The number of rotatable bonds is 5. The van der Waals surface area contributed by atoms with Crippen LogP contribution in [0.4, 0.5) is 0 Å². The van der Waals surface area contributed by atoms with E-state index in [0.29, 0.717) is 18.1 Å². The second-order valence-corrected chi connectivity index (χ2v) is 6.62. The number of aromatic nitrogens is 2. The Hall–Kier alpha value is -1.92. The Morgan fingerprint density at radius 2 is 1.96 bits per heavy atom. The average molecular weight is 365 g/mol. The average Bonchev–Trinajstić information content (AvgIpc) is 3.05. The van der Waals surface area contributed by atoms with E-state index in [9.17, 15) is 4.79 Å². The first-order chi connectivity index (χ1) is 11.6. The monoisotopic (exact) mass is 364 g/mol. The van der Waals surface area contributed by atoms with Crippen LogP contribution >= 0.6 is 12.4 Å². The van der Waals surface area contributed by atoms with Crippen molar-refractivity contribution in [1.82, 2.24) is 15.5 Å². The Morgan fingerprint density at radius 3 is 2.64 bits per heavy atom. The minimum atomic E-state index is -0.761. The summed E-state index contributed by atoms with van der Waals surface area (Å²) in [4.78, 5) is 16.9. The maximum Gasteiger partial charge on any atom is 0.240 e. The van der Waals surface area contributed by atoms with Crippen LogP contribution in [-0.2, 0) is 11.2 Å². The minimum absolute atomic E-state index is 0. The normalized spacial score (nSPS) is 17.4. The molecule has 1 aromatic carbocycles. The number of carbonyl (C=O) groups excluding carboxylic acids is 1. The SMILES string of the molecule is CC(NC(=O)C1(N)CCCCC1)c1noc(Cc2ccccc2)n1.Cl. The van der Waals surface area contributed by atoms with E-state index in [2.05, 4.69) is 15.5 Å². The zero-order valence-electron chi connectivity index (χ0n) is 14.4. The number of carbonyl (C=O) groups is 1. The van der Waals surface area contributed by atoms with E-state index >= 15 is 0 Å². The summed E-state index contributed by atoms with van der Waals surface area (Å²) in [6, 6.07) is 9.61. The fraction of sp³-hybridized carbons (Fsp3) is 0.500. The van der Waals surface area contributed by atoms with E-state index in [4.69, 9.17) is 10.3 Å². The van der Waals surface area contributed by atoms with Crippen LogP contribution in [0.5, 0.6) is 0 Å². The first-order valence-electron chi connectivity index (χ1n) is 8.53. The molecule has 1 saturated carbocycles. The van der Waals surface area contributed by atoms with Crippen LogP contribution in [0.1, 0.15) is 62.3 Å². The quantitative estimate of drug-likeness (QED) is 0.850. The zero-order valence-corrected chi connectivity index (χ0v) is 15.2. The van der Waals surface area contributed by atoms with Crippen LogP contribution in [0.2, 0.25) is 0 Å². The van der Waals surface area contributed by atoms with Gasteiger partial charge in [0, 0.05) is 0 Å². The van der Waals surface area contributed by atoms with Gasteiger partial charge in [-0.15, -0.1) is 12.4 Å². The summed E-state index contributed by atoms with van der Waals surface area (Å²) in [6.07, 6.45) is 5.20. The minimum Gasteiger partial charge on any atom is -0.345 e. The van der Waals surface area contributed by atoms with Gasteiger partial charge in [-0.05, 0) is 25.3 Å². The van der Waals surface area contributed by atoms with Crippen molar-refractivity contribution in [1.29, 1.82) is 0 Å². The number of hydrogen-bond donors (Lipinski definition) is 2. The number of nitrogens with zero attached hydrogens (tertiary/aromatic N) is 2. The Labute approximate surface area is 154 Å². The second kappa shape index (κ2) is 8.45. The summed E-state index contributed by atoms with van der Waals surface area (Å²) in [7, 11) is 0. The molecule has 1 aliphatic rings. The molecule has 0 spiro atoms. The number of amides is 1. The Kier molecular flexibility index (Phi) is 6.56. The summed E-state index contributed by atoms with van der Waals surface area (Å²) in [5.74, 6) is 0.898. The van der Waals surface area contributed by atoms with Crippen molar-refractivity contribution in [2.75, 3.05) is 0 Å². The number of nitrogens with two attached hydrogens (primary N) is 1. The molecule has 3 rings (SSSR count). The molecule has 25 heavy (non-hydrogen) atoms. The van der Waals surface area contributed by atoms with E-state index in [1.165, 1.54) is 0 Å². The molecule has 1 fully saturated rings. The van der Waals surface area contributed by atoms with Gasteiger partial charge in [-0.3, -0.25) is 4.79 Å². The molecular formula is C18H25ClN4O2. The molecule has 6 nitrogen and oxygen atoms in total. The van der Waals surface area contributed by atoms with Gasteiger partial charge in [0.2, 0.25) is 11.8 Å². The largest absolute Gasteiger partial charge is 0.345 e. The molecule has 1 amide bonds. The van der Waals surface area contributed by atoms with Crippen LogP contribution < -0.4 is 11.1 Å². The van der Waals surface area contributed by atoms with Crippen LogP contribution in [0.3, 0.4) is 0 Å². The smallest absolute Gasteiger partial charge is 0.240 e.